The molecule has 1 nitrogen and oxygen atoms in total. The number of aliphatic imine (C=N–C) groups is 1. The molecular weight excluding hydrogens is 210 g/mol. The smallest absolute Gasteiger partial charge is 0.0692 e. The van der Waals surface area contributed by atoms with E-state index >= 15 is 0 Å². The zero-order valence-electron chi connectivity index (χ0n) is 10.2. The fraction of sp³-hybridized carbons (Fsp3) is 0.909. The Labute approximate surface area is 95.0 Å². The molecule has 0 rings (SSSR count). The Morgan fingerprint density at radius 2 is 1.86 bits per heavy atom. The first kappa shape index (κ1) is 14.2. The lowest BCUT2D eigenvalue weighted by Gasteiger charge is -2.19. The van der Waals surface area contributed by atoms with Crippen molar-refractivity contribution in [3.05, 3.63) is 0 Å². The number of hydrogen-bond acceptors (Lipinski definition) is 1. The average Bonchev–Trinajstić information content (AvgIpc) is 1.98. The van der Waals surface area contributed by atoms with Crippen LogP contribution in [-0.2, 0) is 0 Å². The number of hydrogen-bond donors (Lipinski definition) is 0. The lowest BCUT2D eigenvalue weighted by atomic mass is 9.90. The topological polar surface area (TPSA) is 12.4 Å². The van der Waals surface area contributed by atoms with E-state index in [-0.39, 0.29) is 5.41 Å². The van der Waals surface area contributed by atoms with E-state index < -0.39 is 8.07 Å². The first-order valence-electron chi connectivity index (χ1n) is 5.34. The molecule has 0 unspecified atom stereocenters. The highest BCUT2D eigenvalue weighted by atomic mass is 35.5. The molecule has 0 aromatic carbocycles. The Morgan fingerprint density at radius 3 is 2.29 bits per heavy atom. The van der Waals surface area contributed by atoms with Gasteiger partial charge in [0.2, 0.25) is 0 Å². The predicted octanol–water partition coefficient (Wildman–Crippen LogP) is 3.98. The van der Waals surface area contributed by atoms with Crippen molar-refractivity contribution in [3.8, 4) is 0 Å². The summed E-state index contributed by atoms with van der Waals surface area (Å²) in [6.45, 7) is 11.5. The lowest BCUT2D eigenvalue weighted by molar-refractivity contribution is 0.480. The highest BCUT2D eigenvalue weighted by Gasteiger charge is 2.15. The number of halogens is 1. The van der Waals surface area contributed by atoms with Crippen molar-refractivity contribution in [1.29, 1.82) is 0 Å². The van der Waals surface area contributed by atoms with Crippen LogP contribution >= 0.6 is 11.6 Å². The van der Waals surface area contributed by atoms with Gasteiger partial charge in [0.15, 0.2) is 0 Å². The maximum Gasteiger partial charge on any atom is 0.0692 e. The standard InChI is InChI=1S/C11H24ClNSi/c1-11(2,7-6-8-12)9-13-10-14(3,4)5/h9H,6-8,10H2,1-5H3/b13-9+. The van der Waals surface area contributed by atoms with E-state index in [1.165, 1.54) is 0 Å². The quantitative estimate of drug-likeness (QED) is 0.374. The maximum absolute atomic E-state index is 5.68. The van der Waals surface area contributed by atoms with Gasteiger partial charge in [-0.25, -0.2) is 0 Å². The maximum atomic E-state index is 5.68. The second kappa shape index (κ2) is 5.91. The minimum Gasteiger partial charge on any atom is -0.300 e. The highest BCUT2D eigenvalue weighted by Crippen LogP contribution is 2.20. The van der Waals surface area contributed by atoms with Gasteiger partial charge in [0.1, 0.15) is 0 Å². The molecule has 0 aromatic heterocycles. The van der Waals surface area contributed by atoms with Gasteiger partial charge < -0.3 is 4.99 Å². The first-order valence-corrected chi connectivity index (χ1v) is 9.58. The van der Waals surface area contributed by atoms with Gasteiger partial charge in [-0.2, -0.15) is 0 Å². The summed E-state index contributed by atoms with van der Waals surface area (Å²) in [4.78, 5) is 4.56. The second-order valence-electron chi connectivity index (χ2n) is 5.81. The molecule has 0 aliphatic carbocycles. The van der Waals surface area contributed by atoms with Crippen molar-refractivity contribution in [2.75, 3.05) is 12.0 Å². The van der Waals surface area contributed by atoms with Gasteiger partial charge in [0.05, 0.1) is 8.07 Å². The van der Waals surface area contributed by atoms with Crippen LogP contribution in [0.25, 0.3) is 0 Å². The van der Waals surface area contributed by atoms with Crippen LogP contribution in [-0.4, -0.2) is 26.3 Å². The monoisotopic (exact) mass is 233 g/mol. The summed E-state index contributed by atoms with van der Waals surface area (Å²) in [7, 11) is -1.01. The lowest BCUT2D eigenvalue weighted by Crippen LogP contribution is -2.25. The molecule has 0 radical (unpaired) electrons. The summed E-state index contributed by atoms with van der Waals surface area (Å²) in [5.41, 5.74) is 0.217. The SMILES string of the molecule is CC(C)(/C=N/C[Si](C)(C)C)CCCCl. The molecule has 0 fully saturated rings. The van der Waals surface area contributed by atoms with E-state index in [0.717, 1.165) is 24.9 Å². The van der Waals surface area contributed by atoms with Crippen molar-refractivity contribution in [2.24, 2.45) is 10.4 Å². The molecule has 0 N–H and O–H groups in total. The average molecular weight is 234 g/mol. The van der Waals surface area contributed by atoms with Crippen LogP contribution in [0.5, 0.6) is 0 Å². The van der Waals surface area contributed by atoms with Gasteiger partial charge in [-0.1, -0.05) is 33.5 Å². The molecule has 0 bridgehead atoms. The molecule has 14 heavy (non-hydrogen) atoms. The second-order valence-corrected chi connectivity index (χ2v) is 11.6. The zero-order chi connectivity index (χ0) is 11.2. The van der Waals surface area contributed by atoms with Crippen molar-refractivity contribution in [3.63, 3.8) is 0 Å². The summed E-state index contributed by atoms with van der Waals surface area (Å²) < 4.78 is 0. The van der Waals surface area contributed by atoms with Crippen LogP contribution in [0, 0.1) is 5.41 Å². The third-order valence-electron chi connectivity index (χ3n) is 1.96. The molecule has 0 aliphatic rings. The number of alkyl halides is 1. The molecule has 0 aromatic rings. The van der Waals surface area contributed by atoms with Gasteiger partial charge in [-0.15, -0.1) is 11.6 Å². The summed E-state index contributed by atoms with van der Waals surface area (Å²) in [5, 5.41) is 0. The zero-order valence-corrected chi connectivity index (χ0v) is 12.0. The van der Waals surface area contributed by atoms with Crippen LogP contribution in [0.4, 0.5) is 0 Å². The molecule has 0 heterocycles. The van der Waals surface area contributed by atoms with E-state index in [2.05, 4.69) is 44.7 Å². The minimum absolute atomic E-state index is 0.217. The van der Waals surface area contributed by atoms with Crippen molar-refractivity contribution < 1.29 is 0 Å². The Balaban J connectivity index is 3.95. The fourth-order valence-corrected chi connectivity index (χ4v) is 1.93. The molecule has 0 atom stereocenters. The molecule has 0 amide bonds. The largest absolute Gasteiger partial charge is 0.300 e. The van der Waals surface area contributed by atoms with Crippen LogP contribution in [0.1, 0.15) is 26.7 Å². The predicted molar refractivity (Wildman–Crippen MR) is 70.4 cm³/mol. The van der Waals surface area contributed by atoms with Crippen molar-refractivity contribution in [2.45, 2.75) is 46.3 Å². The van der Waals surface area contributed by atoms with Gasteiger partial charge in [-0.05, 0) is 18.3 Å². The van der Waals surface area contributed by atoms with E-state index in [1.54, 1.807) is 0 Å². The fourth-order valence-electron chi connectivity index (χ4n) is 1.15. The molecule has 0 spiro atoms. The van der Waals surface area contributed by atoms with E-state index in [0.29, 0.717) is 0 Å². The summed E-state index contributed by atoms with van der Waals surface area (Å²) in [5.74, 6) is 0.755. The summed E-state index contributed by atoms with van der Waals surface area (Å²) in [6, 6.07) is 0. The van der Waals surface area contributed by atoms with Crippen LogP contribution in [0.15, 0.2) is 4.99 Å². The van der Waals surface area contributed by atoms with Gasteiger partial charge in [0.25, 0.3) is 0 Å². The number of nitrogens with zero attached hydrogens (tertiary/aromatic N) is 1. The molecule has 3 heteroatoms. The molecule has 0 saturated heterocycles. The van der Waals surface area contributed by atoms with Crippen molar-refractivity contribution in [1.82, 2.24) is 0 Å². The minimum atomic E-state index is -1.01. The Hall–Kier alpha value is 0.177. The van der Waals surface area contributed by atoms with E-state index in [1.807, 2.05) is 0 Å². The Kier molecular flexibility index (Phi) is 5.99. The number of rotatable bonds is 6. The van der Waals surface area contributed by atoms with Gasteiger partial charge >= 0.3 is 0 Å². The first-order chi connectivity index (χ1) is 6.27. The van der Waals surface area contributed by atoms with Gasteiger partial charge in [0, 0.05) is 18.3 Å². The van der Waals surface area contributed by atoms with E-state index in [4.69, 9.17) is 11.6 Å². The van der Waals surface area contributed by atoms with Crippen LogP contribution < -0.4 is 0 Å². The molecule has 0 saturated carbocycles. The van der Waals surface area contributed by atoms with Crippen molar-refractivity contribution >= 4 is 25.9 Å². The van der Waals surface area contributed by atoms with Gasteiger partial charge in [-0.3, -0.25) is 0 Å². The summed E-state index contributed by atoms with van der Waals surface area (Å²) >= 11 is 5.68. The highest BCUT2D eigenvalue weighted by molar-refractivity contribution is 6.76. The molecule has 84 valence electrons. The Morgan fingerprint density at radius 1 is 1.29 bits per heavy atom. The Bertz CT molecular complexity index is 182. The normalized spacial score (nSPS) is 13.9. The third kappa shape index (κ3) is 8.76. The molecular formula is C11H24ClNSi. The van der Waals surface area contributed by atoms with Crippen LogP contribution in [0.3, 0.4) is 0 Å². The summed E-state index contributed by atoms with van der Waals surface area (Å²) in [6.07, 6.45) is 5.37. The molecule has 0 aliphatic heterocycles. The van der Waals surface area contributed by atoms with E-state index in [9.17, 15) is 0 Å². The van der Waals surface area contributed by atoms with Crippen LogP contribution in [0.2, 0.25) is 19.6 Å². The third-order valence-corrected chi connectivity index (χ3v) is 3.36.